The molecule has 96 valence electrons. The average molecular weight is 235 g/mol. The van der Waals surface area contributed by atoms with Crippen LogP contribution in [-0.4, -0.2) is 17.8 Å². The predicted octanol–water partition coefficient (Wildman–Crippen LogP) is 3.05. The number of aliphatic hydroxyl groups is 1. The molecular formula is C15H25NO. The van der Waals surface area contributed by atoms with E-state index in [1.807, 2.05) is 0 Å². The van der Waals surface area contributed by atoms with Gasteiger partial charge in [-0.15, -0.1) is 0 Å². The summed E-state index contributed by atoms with van der Waals surface area (Å²) in [6.45, 7) is 8.91. The minimum absolute atomic E-state index is 0.246. The second-order valence-electron chi connectivity index (χ2n) is 5.16. The lowest BCUT2D eigenvalue weighted by Gasteiger charge is -2.26. The van der Waals surface area contributed by atoms with Gasteiger partial charge >= 0.3 is 0 Å². The van der Waals surface area contributed by atoms with Gasteiger partial charge in [0.05, 0.1) is 0 Å². The van der Waals surface area contributed by atoms with Gasteiger partial charge in [-0.2, -0.15) is 0 Å². The van der Waals surface area contributed by atoms with E-state index in [9.17, 15) is 0 Å². The smallest absolute Gasteiger partial charge is 0.0445 e. The van der Waals surface area contributed by atoms with E-state index in [4.69, 9.17) is 5.11 Å². The third-order valence-electron chi connectivity index (χ3n) is 3.29. The van der Waals surface area contributed by atoms with Crippen molar-refractivity contribution in [3.63, 3.8) is 0 Å². The van der Waals surface area contributed by atoms with E-state index in [-0.39, 0.29) is 6.61 Å². The Morgan fingerprint density at radius 3 is 2.18 bits per heavy atom. The molecule has 0 aliphatic heterocycles. The summed E-state index contributed by atoms with van der Waals surface area (Å²) < 4.78 is 0. The molecule has 0 amide bonds. The van der Waals surface area contributed by atoms with Crippen LogP contribution in [0.15, 0.2) is 24.3 Å². The molecule has 17 heavy (non-hydrogen) atoms. The quantitative estimate of drug-likeness (QED) is 0.794. The van der Waals surface area contributed by atoms with Gasteiger partial charge in [-0.05, 0) is 31.7 Å². The largest absolute Gasteiger partial charge is 0.396 e. The summed E-state index contributed by atoms with van der Waals surface area (Å²) in [6, 6.07) is 9.33. The fourth-order valence-electron chi connectivity index (χ4n) is 2.02. The molecule has 0 aromatic heterocycles. The Labute approximate surface area is 105 Å². The number of benzene rings is 1. The highest BCUT2D eigenvalue weighted by Gasteiger charge is 2.15. The number of hydrogen-bond donors (Lipinski definition) is 2. The highest BCUT2D eigenvalue weighted by molar-refractivity contribution is 5.23. The van der Waals surface area contributed by atoms with Crippen molar-refractivity contribution >= 4 is 0 Å². The molecule has 0 saturated heterocycles. The van der Waals surface area contributed by atoms with Crippen molar-refractivity contribution in [3.05, 3.63) is 35.4 Å². The summed E-state index contributed by atoms with van der Waals surface area (Å²) in [5.41, 5.74) is 2.59. The Kier molecular flexibility index (Phi) is 5.66. The molecule has 0 heterocycles. The van der Waals surface area contributed by atoms with E-state index < -0.39 is 0 Å². The molecule has 2 atom stereocenters. The van der Waals surface area contributed by atoms with Gasteiger partial charge in [0, 0.05) is 18.7 Å². The van der Waals surface area contributed by atoms with Crippen molar-refractivity contribution in [1.29, 1.82) is 0 Å². The molecule has 2 N–H and O–H groups in total. The molecule has 0 aliphatic rings. The normalized spacial score (nSPS) is 14.9. The van der Waals surface area contributed by atoms with Crippen molar-refractivity contribution in [2.45, 2.75) is 46.2 Å². The zero-order chi connectivity index (χ0) is 12.8. The topological polar surface area (TPSA) is 32.3 Å². The van der Waals surface area contributed by atoms with Crippen molar-refractivity contribution < 1.29 is 5.11 Å². The van der Waals surface area contributed by atoms with Gasteiger partial charge in [-0.25, -0.2) is 0 Å². The summed E-state index contributed by atoms with van der Waals surface area (Å²) in [6.07, 6.45) is 0.813. The lowest BCUT2D eigenvalue weighted by Crippen LogP contribution is -2.36. The molecule has 0 bridgehead atoms. The molecule has 0 spiro atoms. The van der Waals surface area contributed by atoms with Gasteiger partial charge in [0.25, 0.3) is 0 Å². The summed E-state index contributed by atoms with van der Waals surface area (Å²) in [4.78, 5) is 0. The Hall–Kier alpha value is -0.860. The molecule has 1 aromatic rings. The maximum atomic E-state index is 9.07. The zero-order valence-corrected chi connectivity index (χ0v) is 11.4. The van der Waals surface area contributed by atoms with E-state index in [1.54, 1.807) is 0 Å². The number of hydrogen-bond acceptors (Lipinski definition) is 2. The molecule has 2 nitrogen and oxygen atoms in total. The molecule has 0 aliphatic carbocycles. The number of nitrogens with one attached hydrogen (secondary N) is 1. The van der Waals surface area contributed by atoms with Gasteiger partial charge in [0.15, 0.2) is 0 Å². The first kappa shape index (κ1) is 14.2. The zero-order valence-electron chi connectivity index (χ0n) is 11.4. The molecule has 2 unspecified atom stereocenters. The second-order valence-corrected chi connectivity index (χ2v) is 5.16. The van der Waals surface area contributed by atoms with Crippen LogP contribution in [0.4, 0.5) is 0 Å². The first-order valence-corrected chi connectivity index (χ1v) is 6.48. The summed E-state index contributed by atoms with van der Waals surface area (Å²) in [5.74, 6) is 0.537. The molecule has 0 radical (unpaired) electrons. The van der Waals surface area contributed by atoms with Crippen LogP contribution in [-0.2, 0) is 0 Å². The SMILES string of the molecule is Cc1ccc(C(C)NC(CCO)C(C)C)cc1. The van der Waals surface area contributed by atoms with Crippen molar-refractivity contribution in [1.82, 2.24) is 5.32 Å². The maximum Gasteiger partial charge on any atom is 0.0445 e. The van der Waals surface area contributed by atoms with E-state index in [0.717, 1.165) is 6.42 Å². The van der Waals surface area contributed by atoms with Gasteiger partial charge in [0.2, 0.25) is 0 Å². The third kappa shape index (κ3) is 4.49. The van der Waals surface area contributed by atoms with Gasteiger partial charge in [-0.3, -0.25) is 0 Å². The molecule has 0 saturated carbocycles. The average Bonchev–Trinajstić information content (AvgIpc) is 2.29. The minimum atomic E-state index is 0.246. The van der Waals surface area contributed by atoms with Crippen LogP contribution >= 0.6 is 0 Å². The predicted molar refractivity (Wildman–Crippen MR) is 73.1 cm³/mol. The second kappa shape index (κ2) is 6.77. The Bertz CT molecular complexity index is 318. The van der Waals surface area contributed by atoms with E-state index in [1.165, 1.54) is 11.1 Å². The minimum Gasteiger partial charge on any atom is -0.396 e. The van der Waals surface area contributed by atoms with Crippen LogP contribution < -0.4 is 5.32 Å². The highest BCUT2D eigenvalue weighted by atomic mass is 16.3. The summed E-state index contributed by atoms with van der Waals surface area (Å²) in [7, 11) is 0. The fourth-order valence-corrected chi connectivity index (χ4v) is 2.02. The van der Waals surface area contributed by atoms with Crippen LogP contribution in [0.3, 0.4) is 0 Å². The lowest BCUT2D eigenvalue weighted by atomic mass is 9.98. The van der Waals surface area contributed by atoms with Gasteiger partial charge < -0.3 is 10.4 Å². The van der Waals surface area contributed by atoms with E-state index in [2.05, 4.69) is 57.3 Å². The number of rotatable bonds is 6. The number of aliphatic hydroxyl groups excluding tert-OH is 1. The highest BCUT2D eigenvalue weighted by Crippen LogP contribution is 2.17. The van der Waals surface area contributed by atoms with Crippen LogP contribution in [0.2, 0.25) is 0 Å². The Morgan fingerprint density at radius 1 is 1.12 bits per heavy atom. The summed E-state index contributed by atoms with van der Waals surface area (Å²) >= 11 is 0. The molecule has 2 heteroatoms. The van der Waals surface area contributed by atoms with Crippen molar-refractivity contribution in [2.24, 2.45) is 5.92 Å². The molecular weight excluding hydrogens is 210 g/mol. The van der Waals surface area contributed by atoms with Gasteiger partial charge in [0.1, 0.15) is 0 Å². The lowest BCUT2D eigenvalue weighted by molar-refractivity contribution is 0.237. The van der Waals surface area contributed by atoms with Gasteiger partial charge in [-0.1, -0.05) is 43.7 Å². The van der Waals surface area contributed by atoms with Crippen LogP contribution in [0, 0.1) is 12.8 Å². The van der Waals surface area contributed by atoms with Crippen LogP contribution in [0.1, 0.15) is 44.4 Å². The first-order valence-electron chi connectivity index (χ1n) is 6.48. The van der Waals surface area contributed by atoms with Crippen LogP contribution in [0.25, 0.3) is 0 Å². The maximum absolute atomic E-state index is 9.07. The monoisotopic (exact) mass is 235 g/mol. The van der Waals surface area contributed by atoms with Crippen molar-refractivity contribution in [3.8, 4) is 0 Å². The number of aryl methyl sites for hydroxylation is 1. The fraction of sp³-hybridized carbons (Fsp3) is 0.600. The van der Waals surface area contributed by atoms with Crippen LogP contribution in [0.5, 0.6) is 0 Å². The van der Waals surface area contributed by atoms with E-state index in [0.29, 0.717) is 18.0 Å². The first-order chi connectivity index (χ1) is 8.04. The Balaban J connectivity index is 2.63. The van der Waals surface area contributed by atoms with Crippen molar-refractivity contribution in [2.75, 3.05) is 6.61 Å². The Morgan fingerprint density at radius 2 is 1.71 bits per heavy atom. The summed E-state index contributed by atoms with van der Waals surface area (Å²) in [5, 5.41) is 12.7. The molecule has 1 aromatic carbocycles. The third-order valence-corrected chi connectivity index (χ3v) is 3.29. The molecule has 0 fully saturated rings. The van der Waals surface area contributed by atoms with E-state index >= 15 is 0 Å². The molecule has 1 rings (SSSR count). The standard InChI is InChI=1S/C15H25NO/c1-11(2)15(9-10-17)16-13(4)14-7-5-12(3)6-8-14/h5-8,11,13,15-17H,9-10H2,1-4H3.